The zero-order valence-corrected chi connectivity index (χ0v) is 30.6. The molecule has 10 nitrogen and oxygen atoms in total. The molecule has 0 aromatic heterocycles. The van der Waals surface area contributed by atoms with Crippen LogP contribution < -0.4 is 15.4 Å². The molecule has 0 spiro atoms. The number of phenols is 2. The van der Waals surface area contributed by atoms with Gasteiger partial charge in [-0.15, -0.1) is 0 Å². The van der Waals surface area contributed by atoms with E-state index in [4.69, 9.17) is 9.47 Å². The van der Waals surface area contributed by atoms with Crippen LogP contribution in [0, 0.1) is 11.6 Å². The highest BCUT2D eigenvalue weighted by molar-refractivity contribution is 5.97. The molecule has 4 aromatic rings. The van der Waals surface area contributed by atoms with Gasteiger partial charge in [-0.25, -0.2) is 8.78 Å². The summed E-state index contributed by atoms with van der Waals surface area (Å²) in [4.78, 5) is 29.0. The van der Waals surface area contributed by atoms with Crippen LogP contribution in [-0.4, -0.2) is 91.4 Å². The first-order valence-electron chi connectivity index (χ1n) is 18.5. The summed E-state index contributed by atoms with van der Waals surface area (Å²) in [5, 5.41) is 27.1. The summed E-state index contributed by atoms with van der Waals surface area (Å²) in [5.41, 5.74) is 4.13. The highest BCUT2D eigenvalue weighted by Gasteiger charge is 2.39. The monoisotopic (exact) mass is 742 g/mol. The molecular formula is C42H48F2N4O6. The summed E-state index contributed by atoms with van der Waals surface area (Å²) in [7, 11) is 2.12. The number of carbonyl (C=O) groups is 2. The maximum absolute atomic E-state index is 14.6. The molecule has 0 radical (unpaired) electrons. The highest BCUT2D eigenvalue weighted by atomic mass is 19.1. The lowest BCUT2D eigenvalue weighted by atomic mass is 9.67. The van der Waals surface area contributed by atoms with E-state index in [2.05, 4.69) is 40.8 Å². The van der Waals surface area contributed by atoms with Crippen molar-refractivity contribution in [2.45, 2.75) is 44.1 Å². The fourth-order valence-electron chi connectivity index (χ4n) is 7.32. The second-order valence-corrected chi connectivity index (χ2v) is 14.1. The van der Waals surface area contributed by atoms with E-state index in [0.29, 0.717) is 38.3 Å². The lowest BCUT2D eigenvalue weighted by Crippen LogP contribution is -2.41. The van der Waals surface area contributed by atoms with Crippen LogP contribution in [0.3, 0.4) is 0 Å². The fraction of sp³-hybridized carbons (Fsp3) is 0.381. The molecule has 0 unspecified atom stereocenters. The number of halogens is 2. The maximum Gasteiger partial charge on any atom is 0.262 e. The maximum atomic E-state index is 14.6. The van der Waals surface area contributed by atoms with Gasteiger partial charge in [0.05, 0.1) is 19.6 Å². The van der Waals surface area contributed by atoms with Gasteiger partial charge in [-0.2, -0.15) is 0 Å². The van der Waals surface area contributed by atoms with Crippen molar-refractivity contribution in [3.63, 3.8) is 0 Å². The van der Waals surface area contributed by atoms with Gasteiger partial charge in [0, 0.05) is 42.2 Å². The molecule has 1 saturated heterocycles. The molecule has 2 aliphatic heterocycles. The normalized spacial score (nSPS) is 15.3. The third kappa shape index (κ3) is 9.36. The Balaban J connectivity index is 1.02. The van der Waals surface area contributed by atoms with Crippen LogP contribution in [0.5, 0.6) is 17.2 Å². The Morgan fingerprint density at radius 1 is 0.944 bits per heavy atom. The van der Waals surface area contributed by atoms with Gasteiger partial charge in [0.25, 0.3) is 5.91 Å². The Labute approximate surface area is 314 Å². The standard InChI is InChI=1S/C42H48F2N4O6/c1-47-20-16-42(17-21-47,32-5-3-2-4-6-32)34-25-29(7-11-36(34)49)14-23-53-24-15-39(52)48(27-31-8-10-33(43)26-35(31)44)22-19-45-18-13-30-9-12-37(50)40-41(30)54-28-38(51)46-40/h2-12,25-26,45,49-50H,13-24,27-28H2,1H3,(H,46,51). The third-order valence-electron chi connectivity index (χ3n) is 10.4. The summed E-state index contributed by atoms with van der Waals surface area (Å²) in [6.07, 6.45) is 3.00. The van der Waals surface area contributed by atoms with E-state index >= 15 is 0 Å². The van der Waals surface area contributed by atoms with Gasteiger partial charge in [-0.3, -0.25) is 9.59 Å². The second-order valence-electron chi connectivity index (χ2n) is 14.1. The lowest BCUT2D eigenvalue weighted by Gasteiger charge is -2.42. The predicted molar refractivity (Wildman–Crippen MR) is 202 cm³/mol. The number of phenolic OH excluding ortho intramolecular Hbond substituents is 2. The van der Waals surface area contributed by atoms with Crippen molar-refractivity contribution in [2.24, 2.45) is 0 Å². The molecule has 0 saturated carbocycles. The quantitative estimate of drug-likeness (QED) is 0.0874. The smallest absolute Gasteiger partial charge is 0.262 e. The number of carbonyl (C=O) groups excluding carboxylic acids is 2. The summed E-state index contributed by atoms with van der Waals surface area (Å²) < 4.78 is 39.7. The first kappa shape index (κ1) is 38.7. The molecule has 54 heavy (non-hydrogen) atoms. The van der Waals surface area contributed by atoms with E-state index in [1.807, 2.05) is 24.3 Å². The number of anilines is 1. The molecule has 4 aromatic carbocycles. The molecule has 2 aliphatic rings. The number of amides is 2. The molecule has 2 heterocycles. The molecule has 1 fully saturated rings. The minimum Gasteiger partial charge on any atom is -0.508 e. The van der Waals surface area contributed by atoms with Crippen LogP contribution in [0.1, 0.15) is 47.1 Å². The fourth-order valence-corrected chi connectivity index (χ4v) is 7.32. The Morgan fingerprint density at radius 2 is 1.70 bits per heavy atom. The van der Waals surface area contributed by atoms with Gasteiger partial charge in [-0.05, 0) is 87.3 Å². The minimum absolute atomic E-state index is 0.0269. The number of aromatic hydroxyl groups is 2. The lowest BCUT2D eigenvalue weighted by molar-refractivity contribution is -0.133. The zero-order chi connectivity index (χ0) is 38.1. The SMILES string of the molecule is CN1CCC(c2ccccc2)(c2cc(CCOCCC(=O)N(CCNCCc3ccc(O)c4c3OCC(=O)N4)Cc3ccc(F)cc3F)ccc2O)CC1. The molecule has 4 N–H and O–H groups in total. The number of nitrogens with zero attached hydrogens (tertiary/aromatic N) is 2. The van der Waals surface area contributed by atoms with E-state index in [0.717, 1.165) is 48.7 Å². The number of likely N-dealkylation sites (tertiary alicyclic amines) is 1. The minimum atomic E-state index is -0.719. The molecule has 0 bridgehead atoms. The van der Waals surface area contributed by atoms with Crippen LogP contribution in [0.15, 0.2) is 78.9 Å². The Hall–Kier alpha value is -5.04. The van der Waals surface area contributed by atoms with Gasteiger partial charge in [0.15, 0.2) is 12.4 Å². The first-order chi connectivity index (χ1) is 26.1. The van der Waals surface area contributed by atoms with Crippen molar-refractivity contribution >= 4 is 17.5 Å². The van der Waals surface area contributed by atoms with Crippen molar-refractivity contribution in [1.29, 1.82) is 0 Å². The number of ether oxygens (including phenoxy) is 2. The topological polar surface area (TPSA) is 124 Å². The zero-order valence-electron chi connectivity index (χ0n) is 30.6. The van der Waals surface area contributed by atoms with E-state index in [9.17, 15) is 28.6 Å². The van der Waals surface area contributed by atoms with Crippen LogP contribution in [0.25, 0.3) is 0 Å². The first-order valence-corrected chi connectivity index (χ1v) is 18.5. The van der Waals surface area contributed by atoms with E-state index < -0.39 is 11.6 Å². The summed E-state index contributed by atoms with van der Waals surface area (Å²) in [6.45, 7) is 3.41. The molecule has 6 rings (SSSR count). The number of hydrogen-bond donors (Lipinski definition) is 4. The summed E-state index contributed by atoms with van der Waals surface area (Å²) >= 11 is 0. The molecule has 0 aliphatic carbocycles. The van der Waals surface area contributed by atoms with Crippen LogP contribution >= 0.6 is 0 Å². The van der Waals surface area contributed by atoms with Gasteiger partial charge < -0.3 is 40.1 Å². The third-order valence-corrected chi connectivity index (χ3v) is 10.4. The van der Waals surface area contributed by atoms with E-state index in [-0.39, 0.29) is 72.7 Å². The van der Waals surface area contributed by atoms with Gasteiger partial charge in [-0.1, -0.05) is 54.6 Å². The Morgan fingerprint density at radius 3 is 2.48 bits per heavy atom. The van der Waals surface area contributed by atoms with Gasteiger partial charge in [0.2, 0.25) is 5.91 Å². The number of rotatable bonds is 16. The van der Waals surface area contributed by atoms with Crippen molar-refractivity contribution in [3.8, 4) is 17.2 Å². The molecule has 286 valence electrons. The molecule has 2 amide bonds. The van der Waals surface area contributed by atoms with Crippen molar-refractivity contribution in [2.75, 3.05) is 64.9 Å². The van der Waals surface area contributed by atoms with Crippen molar-refractivity contribution in [1.82, 2.24) is 15.1 Å². The van der Waals surface area contributed by atoms with Crippen LogP contribution in [-0.2, 0) is 39.1 Å². The predicted octanol–water partition coefficient (Wildman–Crippen LogP) is 5.53. The summed E-state index contributed by atoms with van der Waals surface area (Å²) in [6, 6.07) is 22.7. The Bertz CT molecular complexity index is 1920. The number of piperidine rings is 1. The van der Waals surface area contributed by atoms with Gasteiger partial charge >= 0.3 is 0 Å². The number of hydrogen-bond acceptors (Lipinski definition) is 8. The van der Waals surface area contributed by atoms with E-state index in [1.165, 1.54) is 28.7 Å². The largest absolute Gasteiger partial charge is 0.508 e. The van der Waals surface area contributed by atoms with Crippen LogP contribution in [0.2, 0.25) is 0 Å². The van der Waals surface area contributed by atoms with Gasteiger partial charge in [0.1, 0.15) is 28.8 Å². The average Bonchev–Trinajstić information content (AvgIpc) is 3.17. The van der Waals surface area contributed by atoms with E-state index in [1.54, 1.807) is 12.1 Å². The molecule has 0 atom stereocenters. The Kier molecular flexibility index (Phi) is 12.8. The second kappa shape index (κ2) is 17.9. The molecular weight excluding hydrogens is 694 g/mol. The average molecular weight is 743 g/mol. The van der Waals surface area contributed by atoms with Crippen molar-refractivity contribution < 1.29 is 38.1 Å². The number of nitrogens with one attached hydrogen (secondary N) is 2. The van der Waals surface area contributed by atoms with Crippen LogP contribution in [0.4, 0.5) is 14.5 Å². The molecule has 12 heteroatoms. The highest BCUT2D eigenvalue weighted by Crippen LogP contribution is 2.45. The number of benzene rings is 4. The number of fused-ring (bicyclic) bond motifs is 1. The summed E-state index contributed by atoms with van der Waals surface area (Å²) in [5.74, 6) is -1.33. The van der Waals surface area contributed by atoms with Crippen molar-refractivity contribution in [3.05, 3.63) is 118 Å².